The highest BCUT2D eigenvalue weighted by molar-refractivity contribution is 8.00. The first-order chi connectivity index (χ1) is 10.7. The molecule has 0 spiro atoms. The second kappa shape index (κ2) is 7.05. The first-order valence-electron chi connectivity index (χ1n) is 8.41. The molecule has 0 bridgehead atoms. The Bertz CT molecular complexity index is 502. The van der Waals surface area contributed by atoms with E-state index in [1.807, 2.05) is 11.8 Å². The maximum absolute atomic E-state index is 12.3. The van der Waals surface area contributed by atoms with Gasteiger partial charge in [0.05, 0.1) is 5.92 Å². The Morgan fingerprint density at radius 3 is 2.68 bits per heavy atom. The standard InChI is InChI=1S/C18H26N2OS/c1-14-4-6-16(7-5-14)22-18(9-2-3-10-18)13-20-17(21)15-8-11-19-12-15/h4-7,15,19H,2-3,8-13H2,1H3,(H,20,21). The Balaban J connectivity index is 1.61. The highest BCUT2D eigenvalue weighted by Crippen LogP contribution is 2.44. The van der Waals surface area contributed by atoms with Gasteiger partial charge in [0.15, 0.2) is 0 Å². The van der Waals surface area contributed by atoms with Crippen molar-refractivity contribution in [2.45, 2.75) is 48.7 Å². The van der Waals surface area contributed by atoms with E-state index in [0.29, 0.717) is 0 Å². The molecule has 1 aliphatic heterocycles. The van der Waals surface area contributed by atoms with Gasteiger partial charge in [-0.25, -0.2) is 0 Å². The van der Waals surface area contributed by atoms with Crippen molar-refractivity contribution in [2.24, 2.45) is 5.92 Å². The van der Waals surface area contributed by atoms with Crippen molar-refractivity contribution in [1.82, 2.24) is 10.6 Å². The minimum atomic E-state index is 0.169. The van der Waals surface area contributed by atoms with Crippen LogP contribution in [0.5, 0.6) is 0 Å². The molecule has 1 aliphatic carbocycles. The van der Waals surface area contributed by atoms with Crippen molar-refractivity contribution in [3.8, 4) is 0 Å². The van der Waals surface area contributed by atoms with Crippen LogP contribution in [0.4, 0.5) is 0 Å². The van der Waals surface area contributed by atoms with E-state index in [1.54, 1.807) is 0 Å². The van der Waals surface area contributed by atoms with Crippen LogP contribution in [-0.4, -0.2) is 30.3 Å². The van der Waals surface area contributed by atoms with E-state index in [0.717, 1.165) is 26.1 Å². The predicted molar refractivity (Wildman–Crippen MR) is 92.2 cm³/mol. The molecular formula is C18H26N2OS. The van der Waals surface area contributed by atoms with E-state index >= 15 is 0 Å². The fourth-order valence-electron chi connectivity index (χ4n) is 3.46. The molecule has 1 unspecified atom stereocenters. The molecule has 2 fully saturated rings. The van der Waals surface area contributed by atoms with E-state index in [9.17, 15) is 4.79 Å². The van der Waals surface area contributed by atoms with Gasteiger partial charge in [-0.2, -0.15) is 0 Å². The Morgan fingerprint density at radius 1 is 1.32 bits per heavy atom. The lowest BCUT2D eigenvalue weighted by molar-refractivity contribution is -0.124. The highest BCUT2D eigenvalue weighted by atomic mass is 32.2. The molecule has 1 atom stereocenters. The molecule has 22 heavy (non-hydrogen) atoms. The SMILES string of the molecule is Cc1ccc(SC2(CNC(=O)C3CCNC3)CCCC2)cc1. The molecular weight excluding hydrogens is 292 g/mol. The molecule has 1 saturated heterocycles. The maximum Gasteiger partial charge on any atom is 0.224 e. The van der Waals surface area contributed by atoms with Crippen molar-refractivity contribution in [1.29, 1.82) is 0 Å². The number of carbonyl (C=O) groups excluding carboxylic acids is 1. The summed E-state index contributed by atoms with van der Waals surface area (Å²) in [7, 11) is 0. The normalized spacial score (nSPS) is 23.6. The van der Waals surface area contributed by atoms with Crippen molar-refractivity contribution in [3.05, 3.63) is 29.8 Å². The number of carbonyl (C=O) groups is 1. The molecule has 0 aromatic heterocycles. The van der Waals surface area contributed by atoms with Gasteiger partial charge in [-0.15, -0.1) is 11.8 Å². The summed E-state index contributed by atoms with van der Waals surface area (Å²) >= 11 is 1.96. The molecule has 2 aliphatic rings. The van der Waals surface area contributed by atoms with Gasteiger partial charge in [-0.1, -0.05) is 30.5 Å². The number of aryl methyl sites for hydroxylation is 1. The third-order valence-electron chi connectivity index (χ3n) is 4.89. The van der Waals surface area contributed by atoms with E-state index in [4.69, 9.17) is 0 Å². The molecule has 1 aromatic carbocycles. The summed E-state index contributed by atoms with van der Waals surface area (Å²) < 4.78 is 0.191. The molecule has 1 heterocycles. The molecule has 0 radical (unpaired) electrons. The van der Waals surface area contributed by atoms with E-state index < -0.39 is 0 Å². The highest BCUT2D eigenvalue weighted by Gasteiger charge is 2.36. The molecule has 3 nitrogen and oxygen atoms in total. The van der Waals surface area contributed by atoms with Gasteiger partial charge in [-0.3, -0.25) is 4.79 Å². The number of hydrogen-bond acceptors (Lipinski definition) is 3. The fourth-order valence-corrected chi connectivity index (χ4v) is 4.87. The molecule has 1 amide bonds. The number of hydrogen-bond donors (Lipinski definition) is 2. The molecule has 3 rings (SSSR count). The van der Waals surface area contributed by atoms with Gasteiger partial charge < -0.3 is 10.6 Å². The number of amides is 1. The minimum Gasteiger partial charge on any atom is -0.354 e. The van der Waals surface area contributed by atoms with Crippen LogP contribution in [0.25, 0.3) is 0 Å². The van der Waals surface area contributed by atoms with Gasteiger partial charge in [0.25, 0.3) is 0 Å². The summed E-state index contributed by atoms with van der Waals surface area (Å²) in [5.74, 6) is 0.406. The van der Waals surface area contributed by atoms with Crippen molar-refractivity contribution < 1.29 is 4.79 Å². The van der Waals surface area contributed by atoms with Gasteiger partial charge in [0.1, 0.15) is 0 Å². The quantitative estimate of drug-likeness (QED) is 0.876. The zero-order chi connectivity index (χ0) is 15.4. The third-order valence-corrected chi connectivity index (χ3v) is 6.38. The fraction of sp³-hybridized carbons (Fsp3) is 0.611. The van der Waals surface area contributed by atoms with Crippen LogP contribution in [0.15, 0.2) is 29.2 Å². The summed E-state index contributed by atoms with van der Waals surface area (Å²) in [5.41, 5.74) is 1.30. The van der Waals surface area contributed by atoms with Crippen LogP contribution in [0.2, 0.25) is 0 Å². The van der Waals surface area contributed by atoms with Crippen LogP contribution in [0.1, 0.15) is 37.7 Å². The first kappa shape index (κ1) is 15.9. The summed E-state index contributed by atoms with van der Waals surface area (Å²) in [5, 5.41) is 6.51. The molecule has 2 N–H and O–H groups in total. The van der Waals surface area contributed by atoms with Crippen molar-refractivity contribution >= 4 is 17.7 Å². The van der Waals surface area contributed by atoms with Crippen LogP contribution < -0.4 is 10.6 Å². The average molecular weight is 318 g/mol. The number of thioether (sulfide) groups is 1. The Kier molecular flexibility index (Phi) is 5.09. The molecule has 1 aromatic rings. The molecule has 4 heteroatoms. The summed E-state index contributed by atoms with van der Waals surface area (Å²) in [4.78, 5) is 13.6. The Hall–Kier alpha value is -1.00. The summed E-state index contributed by atoms with van der Waals surface area (Å²) in [6, 6.07) is 8.77. The summed E-state index contributed by atoms with van der Waals surface area (Å²) in [6.07, 6.45) is 5.94. The third kappa shape index (κ3) is 3.85. The van der Waals surface area contributed by atoms with Gasteiger partial charge in [-0.05, 0) is 44.9 Å². The second-order valence-electron chi connectivity index (χ2n) is 6.71. The molecule has 1 saturated carbocycles. The van der Waals surface area contributed by atoms with Crippen LogP contribution in [-0.2, 0) is 4.79 Å². The average Bonchev–Trinajstić information content (AvgIpc) is 3.19. The van der Waals surface area contributed by atoms with E-state index in [2.05, 4.69) is 41.8 Å². The lowest BCUT2D eigenvalue weighted by Crippen LogP contribution is -2.41. The van der Waals surface area contributed by atoms with Crippen LogP contribution in [0.3, 0.4) is 0 Å². The largest absolute Gasteiger partial charge is 0.354 e. The Morgan fingerprint density at radius 2 is 2.05 bits per heavy atom. The topological polar surface area (TPSA) is 41.1 Å². The predicted octanol–water partition coefficient (Wildman–Crippen LogP) is 3.13. The van der Waals surface area contributed by atoms with E-state index in [-0.39, 0.29) is 16.6 Å². The number of nitrogens with one attached hydrogen (secondary N) is 2. The lowest BCUT2D eigenvalue weighted by Gasteiger charge is -2.29. The lowest BCUT2D eigenvalue weighted by atomic mass is 10.1. The second-order valence-corrected chi connectivity index (χ2v) is 8.25. The van der Waals surface area contributed by atoms with Gasteiger partial charge in [0.2, 0.25) is 5.91 Å². The van der Waals surface area contributed by atoms with Gasteiger partial charge >= 0.3 is 0 Å². The van der Waals surface area contributed by atoms with Crippen molar-refractivity contribution in [2.75, 3.05) is 19.6 Å². The van der Waals surface area contributed by atoms with Crippen LogP contribution in [0, 0.1) is 12.8 Å². The number of rotatable bonds is 5. The van der Waals surface area contributed by atoms with Crippen molar-refractivity contribution in [3.63, 3.8) is 0 Å². The van der Waals surface area contributed by atoms with Crippen LogP contribution >= 0.6 is 11.8 Å². The van der Waals surface area contributed by atoms with Gasteiger partial charge in [0, 0.05) is 22.7 Å². The number of benzene rings is 1. The minimum absolute atomic E-state index is 0.169. The monoisotopic (exact) mass is 318 g/mol. The molecule has 120 valence electrons. The summed E-state index contributed by atoms with van der Waals surface area (Å²) in [6.45, 7) is 4.74. The van der Waals surface area contributed by atoms with E-state index in [1.165, 1.54) is 36.1 Å². The smallest absolute Gasteiger partial charge is 0.224 e. The zero-order valence-corrected chi connectivity index (χ0v) is 14.2. The first-order valence-corrected chi connectivity index (χ1v) is 9.23. The Labute approximate surface area is 137 Å². The maximum atomic E-state index is 12.3. The zero-order valence-electron chi connectivity index (χ0n) is 13.4.